The van der Waals surface area contributed by atoms with Gasteiger partial charge in [0.15, 0.2) is 11.5 Å². The number of hydroxylamine groups is 1. The summed E-state index contributed by atoms with van der Waals surface area (Å²) in [4.78, 5) is 5.64. The van der Waals surface area contributed by atoms with Gasteiger partial charge in [-0.3, -0.25) is 4.84 Å². The molecule has 1 aliphatic rings. The van der Waals surface area contributed by atoms with Gasteiger partial charge in [0.25, 0.3) is 10.0 Å². The molecule has 2 atom stereocenters. The van der Waals surface area contributed by atoms with Gasteiger partial charge >= 0.3 is 0 Å². The highest BCUT2D eigenvalue weighted by Gasteiger charge is 2.43. The van der Waals surface area contributed by atoms with Crippen molar-refractivity contribution in [3.63, 3.8) is 0 Å². The van der Waals surface area contributed by atoms with Gasteiger partial charge in [-0.2, -0.15) is 0 Å². The standard InChI is InChI=1S/C30H28BrNO5S/c1-22-12-15-26(16-13-22)38(33,34)32-30(27(31)21-37-32)25-14-17-28(35-19-23-8-4-2-5-9-23)29(18-25)36-20-24-10-6-3-7-11-24/h2-18,27,30H,19-21H2,1H3/t27-,30?/m0/s1. The summed E-state index contributed by atoms with van der Waals surface area (Å²) in [6, 6.07) is 31.4. The van der Waals surface area contributed by atoms with Gasteiger partial charge in [-0.1, -0.05) is 105 Å². The van der Waals surface area contributed by atoms with E-state index in [1.54, 1.807) is 24.3 Å². The monoisotopic (exact) mass is 593 g/mol. The average molecular weight is 595 g/mol. The lowest BCUT2D eigenvalue weighted by atomic mass is 10.0. The Balaban J connectivity index is 1.45. The van der Waals surface area contributed by atoms with Gasteiger partial charge in [0, 0.05) is 0 Å². The lowest BCUT2D eigenvalue weighted by Gasteiger charge is -2.25. The summed E-state index contributed by atoms with van der Waals surface area (Å²) in [6.07, 6.45) is 0. The van der Waals surface area contributed by atoms with Crippen LogP contribution >= 0.6 is 15.9 Å². The Hall–Kier alpha value is -3.17. The van der Waals surface area contributed by atoms with Crippen molar-refractivity contribution in [2.45, 2.75) is 35.9 Å². The van der Waals surface area contributed by atoms with Crippen LogP contribution in [0.1, 0.15) is 28.3 Å². The number of nitrogens with zero attached hydrogens (tertiary/aromatic N) is 1. The van der Waals surface area contributed by atoms with Gasteiger partial charge in [-0.25, -0.2) is 8.42 Å². The first kappa shape index (κ1) is 26.4. The Morgan fingerprint density at radius 3 is 2.00 bits per heavy atom. The molecule has 4 aromatic carbocycles. The minimum atomic E-state index is -3.90. The predicted octanol–water partition coefficient (Wildman–Crippen LogP) is 6.59. The largest absolute Gasteiger partial charge is 0.485 e. The zero-order chi connectivity index (χ0) is 26.5. The zero-order valence-electron chi connectivity index (χ0n) is 20.9. The molecule has 0 saturated carbocycles. The summed E-state index contributed by atoms with van der Waals surface area (Å²) >= 11 is 3.64. The second-order valence-electron chi connectivity index (χ2n) is 9.08. The van der Waals surface area contributed by atoms with Crippen molar-refractivity contribution in [2.75, 3.05) is 6.61 Å². The summed E-state index contributed by atoms with van der Waals surface area (Å²) in [7, 11) is -3.90. The molecule has 4 aromatic rings. The fraction of sp³-hybridized carbons (Fsp3) is 0.200. The van der Waals surface area contributed by atoms with Gasteiger partial charge in [0.05, 0.1) is 22.4 Å². The van der Waals surface area contributed by atoms with E-state index in [0.29, 0.717) is 24.7 Å². The van der Waals surface area contributed by atoms with Gasteiger partial charge in [0.2, 0.25) is 0 Å². The van der Waals surface area contributed by atoms with Crippen LogP contribution in [0.5, 0.6) is 11.5 Å². The van der Waals surface area contributed by atoms with E-state index in [-0.39, 0.29) is 16.3 Å². The van der Waals surface area contributed by atoms with Crippen LogP contribution in [0.15, 0.2) is 108 Å². The van der Waals surface area contributed by atoms with Crippen LogP contribution < -0.4 is 9.47 Å². The molecule has 1 aliphatic heterocycles. The van der Waals surface area contributed by atoms with Gasteiger partial charge < -0.3 is 9.47 Å². The number of alkyl halides is 1. The normalized spacial score (nSPS) is 17.8. The van der Waals surface area contributed by atoms with E-state index in [1.165, 1.54) is 0 Å². The first-order valence-corrected chi connectivity index (χ1v) is 14.6. The number of rotatable bonds is 9. The zero-order valence-corrected chi connectivity index (χ0v) is 23.3. The maximum atomic E-state index is 13.5. The highest BCUT2D eigenvalue weighted by Crippen LogP contribution is 2.42. The Kier molecular flexibility index (Phi) is 8.14. The first-order chi connectivity index (χ1) is 18.4. The van der Waals surface area contributed by atoms with E-state index < -0.39 is 16.1 Å². The van der Waals surface area contributed by atoms with Crippen molar-refractivity contribution in [3.05, 3.63) is 125 Å². The van der Waals surface area contributed by atoms with E-state index in [0.717, 1.165) is 26.7 Å². The highest BCUT2D eigenvalue weighted by atomic mass is 79.9. The Labute approximate surface area is 231 Å². The van der Waals surface area contributed by atoms with Crippen LogP contribution in [0, 0.1) is 6.92 Å². The van der Waals surface area contributed by atoms with Crippen LogP contribution in [0.2, 0.25) is 0 Å². The molecule has 0 radical (unpaired) electrons. The highest BCUT2D eigenvalue weighted by molar-refractivity contribution is 9.09. The van der Waals surface area contributed by atoms with Gasteiger partial charge in [0.1, 0.15) is 13.2 Å². The van der Waals surface area contributed by atoms with Crippen molar-refractivity contribution in [3.8, 4) is 11.5 Å². The molecular formula is C30H28BrNO5S. The van der Waals surface area contributed by atoms with Crippen molar-refractivity contribution >= 4 is 26.0 Å². The molecule has 0 amide bonds. The van der Waals surface area contributed by atoms with E-state index in [4.69, 9.17) is 14.3 Å². The van der Waals surface area contributed by atoms with Gasteiger partial charge in [-0.05, 0) is 47.9 Å². The lowest BCUT2D eigenvalue weighted by Crippen LogP contribution is -2.31. The minimum Gasteiger partial charge on any atom is -0.485 e. The van der Waals surface area contributed by atoms with Crippen LogP contribution in [0.25, 0.3) is 0 Å². The molecule has 0 aromatic heterocycles. The quantitative estimate of drug-likeness (QED) is 0.205. The number of hydrogen-bond acceptors (Lipinski definition) is 5. The molecule has 1 fully saturated rings. The first-order valence-electron chi connectivity index (χ1n) is 12.3. The average Bonchev–Trinajstić information content (AvgIpc) is 3.34. The molecule has 1 heterocycles. The number of halogens is 1. The molecule has 8 heteroatoms. The Morgan fingerprint density at radius 2 is 1.39 bits per heavy atom. The van der Waals surface area contributed by atoms with Crippen LogP contribution in [-0.4, -0.2) is 24.3 Å². The molecule has 196 valence electrons. The van der Waals surface area contributed by atoms with Crippen LogP contribution in [-0.2, 0) is 28.1 Å². The molecule has 0 bridgehead atoms. The second-order valence-corrected chi connectivity index (χ2v) is 12.0. The minimum absolute atomic E-state index is 0.179. The fourth-order valence-corrected chi connectivity index (χ4v) is 6.47. The number of aryl methyl sites for hydroxylation is 1. The summed E-state index contributed by atoms with van der Waals surface area (Å²) < 4.78 is 40.5. The topological polar surface area (TPSA) is 65.1 Å². The molecule has 0 N–H and O–H groups in total. The van der Waals surface area contributed by atoms with Crippen molar-refractivity contribution in [1.29, 1.82) is 0 Å². The number of sulfonamides is 1. The predicted molar refractivity (Wildman–Crippen MR) is 150 cm³/mol. The van der Waals surface area contributed by atoms with Crippen molar-refractivity contribution in [2.24, 2.45) is 0 Å². The van der Waals surface area contributed by atoms with Crippen molar-refractivity contribution < 1.29 is 22.7 Å². The number of hydrogen-bond donors (Lipinski definition) is 0. The van der Waals surface area contributed by atoms with Gasteiger partial charge in [-0.15, -0.1) is 0 Å². The summed E-state index contributed by atoms with van der Waals surface area (Å²) in [5, 5.41) is 0. The van der Waals surface area contributed by atoms with Crippen LogP contribution in [0.3, 0.4) is 0 Å². The van der Waals surface area contributed by atoms with E-state index >= 15 is 0 Å². The van der Waals surface area contributed by atoms with E-state index in [1.807, 2.05) is 85.8 Å². The molecule has 38 heavy (non-hydrogen) atoms. The lowest BCUT2D eigenvalue weighted by molar-refractivity contribution is -0.0500. The Morgan fingerprint density at radius 1 is 0.816 bits per heavy atom. The molecule has 0 aliphatic carbocycles. The maximum absolute atomic E-state index is 13.5. The second kappa shape index (κ2) is 11.7. The number of ether oxygens (including phenoxy) is 2. The molecule has 0 spiro atoms. The molecular weight excluding hydrogens is 566 g/mol. The third-order valence-corrected chi connectivity index (χ3v) is 8.71. The number of benzene rings is 4. The Bertz CT molecular complexity index is 1460. The van der Waals surface area contributed by atoms with Crippen molar-refractivity contribution in [1.82, 2.24) is 4.47 Å². The summed E-state index contributed by atoms with van der Waals surface area (Å²) in [6.45, 7) is 2.85. The van der Waals surface area contributed by atoms with E-state index in [2.05, 4.69) is 15.9 Å². The third-order valence-electron chi connectivity index (χ3n) is 6.27. The maximum Gasteiger partial charge on any atom is 0.265 e. The molecule has 1 unspecified atom stereocenters. The smallest absolute Gasteiger partial charge is 0.265 e. The fourth-order valence-electron chi connectivity index (χ4n) is 4.22. The third kappa shape index (κ3) is 5.94. The SMILES string of the molecule is Cc1ccc(S(=O)(=O)N2OC[C@H](Br)C2c2ccc(OCc3ccccc3)c(OCc3ccccc3)c2)cc1. The molecule has 5 rings (SSSR count). The molecule has 6 nitrogen and oxygen atoms in total. The van der Waals surface area contributed by atoms with Crippen LogP contribution in [0.4, 0.5) is 0 Å². The van der Waals surface area contributed by atoms with E-state index in [9.17, 15) is 8.42 Å². The summed E-state index contributed by atoms with van der Waals surface area (Å²) in [5.41, 5.74) is 3.76. The summed E-state index contributed by atoms with van der Waals surface area (Å²) in [5.74, 6) is 1.10. The molecule has 1 saturated heterocycles.